The summed E-state index contributed by atoms with van der Waals surface area (Å²) >= 11 is 11.5. The predicted octanol–water partition coefficient (Wildman–Crippen LogP) is 3.64. The van der Waals surface area contributed by atoms with Gasteiger partial charge in [-0.1, -0.05) is 23.2 Å². The molecule has 0 aromatic heterocycles. The first kappa shape index (κ1) is 18.3. The fraction of sp³-hybridized carbons (Fsp3) is 0.0714. The number of benzene rings is 2. The summed E-state index contributed by atoms with van der Waals surface area (Å²) in [6.07, 6.45) is 0. The molecule has 0 amide bonds. The topological polar surface area (TPSA) is 92.7 Å². The third-order valence-corrected chi connectivity index (χ3v) is 5.10. The zero-order chi connectivity index (χ0) is 18.1. The van der Waals surface area contributed by atoms with Gasteiger partial charge >= 0.3 is 5.97 Å². The number of sulfonamides is 1. The summed E-state index contributed by atoms with van der Waals surface area (Å²) < 4.78 is 45.9. The van der Waals surface area contributed by atoms with Crippen LogP contribution in [0, 0.1) is 5.82 Å². The van der Waals surface area contributed by atoms with E-state index < -0.39 is 32.3 Å². The number of hydrogen-bond acceptors (Lipinski definition) is 4. The summed E-state index contributed by atoms with van der Waals surface area (Å²) in [5.41, 5.74) is -0.842. The standard InChI is InChI=1S/C14H10Cl2FNO5S/c1-23-10-4-5-11(13(17)12(10)14(19)20)24(21,22)18-7-2-3-8(15)9(16)6-7/h2-6,18H,1H3,(H,19,20). The molecule has 0 unspecified atom stereocenters. The van der Waals surface area contributed by atoms with Gasteiger partial charge in [-0.15, -0.1) is 0 Å². The summed E-state index contributed by atoms with van der Waals surface area (Å²) in [6, 6.07) is 5.87. The molecule has 0 atom stereocenters. The van der Waals surface area contributed by atoms with Crippen molar-refractivity contribution in [3.05, 3.63) is 51.8 Å². The highest BCUT2D eigenvalue weighted by Gasteiger charge is 2.27. The van der Waals surface area contributed by atoms with Gasteiger partial charge < -0.3 is 9.84 Å². The van der Waals surface area contributed by atoms with E-state index in [0.717, 1.165) is 19.2 Å². The van der Waals surface area contributed by atoms with Gasteiger partial charge in [0.15, 0.2) is 5.82 Å². The first-order chi connectivity index (χ1) is 11.2. The van der Waals surface area contributed by atoms with E-state index in [1.807, 2.05) is 0 Å². The zero-order valence-electron chi connectivity index (χ0n) is 12.0. The molecule has 0 spiro atoms. The molecule has 0 saturated heterocycles. The molecule has 6 nitrogen and oxygen atoms in total. The number of hydrogen-bond donors (Lipinski definition) is 2. The number of carboxylic acids is 1. The second-order valence-corrected chi connectivity index (χ2v) is 6.96. The van der Waals surface area contributed by atoms with Crippen molar-refractivity contribution in [1.82, 2.24) is 0 Å². The van der Waals surface area contributed by atoms with Crippen LogP contribution in [0.5, 0.6) is 5.75 Å². The van der Waals surface area contributed by atoms with Crippen molar-refractivity contribution < 1.29 is 27.4 Å². The van der Waals surface area contributed by atoms with Gasteiger partial charge in [0, 0.05) is 0 Å². The van der Waals surface area contributed by atoms with Gasteiger partial charge in [-0.25, -0.2) is 17.6 Å². The lowest BCUT2D eigenvalue weighted by atomic mass is 10.2. The third kappa shape index (κ3) is 3.55. The Morgan fingerprint density at radius 2 is 1.88 bits per heavy atom. The van der Waals surface area contributed by atoms with E-state index in [2.05, 4.69) is 4.72 Å². The highest BCUT2D eigenvalue weighted by molar-refractivity contribution is 7.92. The molecular weight excluding hydrogens is 384 g/mol. The summed E-state index contributed by atoms with van der Waals surface area (Å²) in [5.74, 6) is -3.39. The van der Waals surface area contributed by atoms with E-state index in [-0.39, 0.29) is 21.5 Å². The minimum atomic E-state index is -4.40. The van der Waals surface area contributed by atoms with Crippen molar-refractivity contribution in [2.24, 2.45) is 0 Å². The maximum Gasteiger partial charge on any atom is 0.342 e. The Bertz CT molecular complexity index is 918. The molecule has 10 heteroatoms. The van der Waals surface area contributed by atoms with Crippen LogP contribution in [0.1, 0.15) is 10.4 Å². The van der Waals surface area contributed by atoms with Gasteiger partial charge in [-0.3, -0.25) is 4.72 Å². The average Bonchev–Trinajstić information content (AvgIpc) is 2.49. The van der Waals surface area contributed by atoms with E-state index in [0.29, 0.717) is 0 Å². The monoisotopic (exact) mass is 393 g/mol. The molecule has 2 rings (SSSR count). The minimum Gasteiger partial charge on any atom is -0.496 e. The average molecular weight is 394 g/mol. The normalized spacial score (nSPS) is 11.2. The van der Waals surface area contributed by atoms with Gasteiger partial charge in [0.25, 0.3) is 10.0 Å². The minimum absolute atomic E-state index is 0.0384. The molecular formula is C14H10Cl2FNO5S. The number of nitrogens with one attached hydrogen (secondary N) is 1. The molecule has 0 bridgehead atoms. The van der Waals surface area contributed by atoms with Gasteiger partial charge in [-0.2, -0.15) is 0 Å². The van der Waals surface area contributed by atoms with Crippen molar-refractivity contribution in [3.8, 4) is 5.75 Å². The molecule has 2 aromatic carbocycles. The Morgan fingerprint density at radius 3 is 2.42 bits per heavy atom. The lowest BCUT2D eigenvalue weighted by Gasteiger charge is -2.12. The van der Waals surface area contributed by atoms with E-state index >= 15 is 0 Å². The van der Waals surface area contributed by atoms with Gasteiger partial charge in [0.05, 0.1) is 22.8 Å². The Balaban J connectivity index is 2.51. The number of halogens is 3. The number of ether oxygens (including phenoxy) is 1. The number of carboxylic acid groups (broad SMARTS) is 1. The van der Waals surface area contributed by atoms with E-state index in [1.165, 1.54) is 18.2 Å². The molecule has 0 saturated carbocycles. The van der Waals surface area contributed by atoms with Crippen molar-refractivity contribution in [2.75, 3.05) is 11.8 Å². The van der Waals surface area contributed by atoms with Crippen LogP contribution < -0.4 is 9.46 Å². The first-order valence-electron chi connectivity index (χ1n) is 6.25. The first-order valence-corrected chi connectivity index (χ1v) is 8.49. The number of aromatic carboxylic acids is 1. The highest BCUT2D eigenvalue weighted by Crippen LogP contribution is 2.30. The lowest BCUT2D eigenvalue weighted by Crippen LogP contribution is -2.17. The zero-order valence-corrected chi connectivity index (χ0v) is 14.3. The maximum absolute atomic E-state index is 14.4. The van der Waals surface area contributed by atoms with Crippen LogP contribution in [0.3, 0.4) is 0 Å². The predicted molar refractivity (Wildman–Crippen MR) is 87.2 cm³/mol. The molecule has 128 valence electrons. The Morgan fingerprint density at radius 1 is 1.21 bits per heavy atom. The summed E-state index contributed by atoms with van der Waals surface area (Å²) in [6.45, 7) is 0. The van der Waals surface area contributed by atoms with Gasteiger partial charge in [0.2, 0.25) is 0 Å². The Kier molecular flexibility index (Phi) is 5.22. The summed E-state index contributed by atoms with van der Waals surface area (Å²) in [4.78, 5) is 10.3. The van der Waals surface area contributed by atoms with Crippen molar-refractivity contribution in [1.29, 1.82) is 0 Å². The van der Waals surface area contributed by atoms with Crippen LogP contribution in [0.25, 0.3) is 0 Å². The Hall–Kier alpha value is -2.03. The fourth-order valence-electron chi connectivity index (χ4n) is 1.89. The number of methoxy groups -OCH3 is 1. The quantitative estimate of drug-likeness (QED) is 0.808. The van der Waals surface area contributed by atoms with E-state index in [9.17, 15) is 17.6 Å². The van der Waals surface area contributed by atoms with E-state index in [1.54, 1.807) is 0 Å². The second kappa shape index (κ2) is 6.84. The number of anilines is 1. The largest absolute Gasteiger partial charge is 0.496 e. The summed E-state index contributed by atoms with van der Waals surface area (Å²) in [7, 11) is -3.26. The van der Waals surface area contributed by atoms with Crippen LogP contribution in [-0.4, -0.2) is 26.6 Å². The molecule has 0 aliphatic rings. The molecule has 2 aromatic rings. The van der Waals surface area contributed by atoms with Crippen molar-refractivity contribution in [2.45, 2.75) is 4.90 Å². The number of rotatable bonds is 5. The SMILES string of the molecule is COc1ccc(S(=O)(=O)Nc2ccc(Cl)c(Cl)c2)c(F)c1C(=O)O. The smallest absolute Gasteiger partial charge is 0.342 e. The lowest BCUT2D eigenvalue weighted by molar-refractivity contribution is 0.0687. The molecule has 24 heavy (non-hydrogen) atoms. The van der Waals surface area contributed by atoms with Crippen LogP contribution in [0.4, 0.5) is 10.1 Å². The van der Waals surface area contributed by atoms with Crippen molar-refractivity contribution in [3.63, 3.8) is 0 Å². The molecule has 0 heterocycles. The van der Waals surface area contributed by atoms with Gasteiger partial charge in [-0.05, 0) is 30.3 Å². The van der Waals surface area contributed by atoms with Crippen LogP contribution >= 0.6 is 23.2 Å². The molecule has 0 aliphatic heterocycles. The van der Waals surface area contributed by atoms with E-state index in [4.69, 9.17) is 33.0 Å². The molecule has 0 fully saturated rings. The molecule has 0 radical (unpaired) electrons. The molecule has 0 aliphatic carbocycles. The third-order valence-electron chi connectivity index (χ3n) is 2.96. The fourth-order valence-corrected chi connectivity index (χ4v) is 3.32. The van der Waals surface area contributed by atoms with Crippen LogP contribution in [0.15, 0.2) is 35.2 Å². The second-order valence-electron chi connectivity index (χ2n) is 4.49. The van der Waals surface area contributed by atoms with Gasteiger partial charge in [0.1, 0.15) is 16.2 Å². The highest BCUT2D eigenvalue weighted by atomic mass is 35.5. The maximum atomic E-state index is 14.4. The van der Waals surface area contributed by atoms with Crippen molar-refractivity contribution >= 4 is 44.9 Å². The molecule has 2 N–H and O–H groups in total. The summed E-state index contributed by atoms with van der Waals surface area (Å²) in [5, 5.41) is 9.36. The van der Waals surface area contributed by atoms with Crippen LogP contribution in [-0.2, 0) is 10.0 Å². The van der Waals surface area contributed by atoms with Crippen LogP contribution in [0.2, 0.25) is 10.0 Å². The Labute approximate surface area is 146 Å². The number of carbonyl (C=O) groups is 1.